The highest BCUT2D eigenvalue weighted by molar-refractivity contribution is 14.0. The molecule has 1 aliphatic rings. The lowest BCUT2D eigenvalue weighted by molar-refractivity contribution is 0.520. The van der Waals surface area contributed by atoms with Gasteiger partial charge >= 0.3 is 0 Å². The summed E-state index contributed by atoms with van der Waals surface area (Å²) in [4.78, 5) is 8.91. The molecule has 1 aliphatic carbocycles. The van der Waals surface area contributed by atoms with E-state index in [-0.39, 0.29) is 24.0 Å². The fourth-order valence-electron chi connectivity index (χ4n) is 3.48. The normalized spacial score (nSPS) is 16.0. The lowest BCUT2D eigenvalue weighted by atomic mass is 9.88. The molecule has 0 amide bonds. The minimum atomic E-state index is 0. The maximum Gasteiger partial charge on any atom is 0.226 e. The number of oxazole rings is 1. The molecule has 1 atom stereocenters. The predicted molar refractivity (Wildman–Crippen MR) is 123 cm³/mol. The van der Waals surface area contributed by atoms with Crippen molar-refractivity contribution in [2.75, 3.05) is 7.05 Å². The summed E-state index contributed by atoms with van der Waals surface area (Å²) in [6.45, 7) is 0.569. The fourth-order valence-corrected chi connectivity index (χ4v) is 3.48. The van der Waals surface area contributed by atoms with Crippen molar-refractivity contribution < 1.29 is 4.42 Å². The number of aliphatic imine (C=N–C) groups is 1. The Morgan fingerprint density at radius 3 is 2.64 bits per heavy atom. The number of rotatable bonds is 4. The zero-order chi connectivity index (χ0) is 18.5. The van der Waals surface area contributed by atoms with Gasteiger partial charge in [-0.05, 0) is 42.5 Å². The van der Waals surface area contributed by atoms with Gasteiger partial charge in [0.05, 0.1) is 12.2 Å². The highest BCUT2D eigenvalue weighted by Crippen LogP contribution is 2.21. The molecule has 0 bridgehead atoms. The summed E-state index contributed by atoms with van der Waals surface area (Å²) in [6.07, 6.45) is 4.94. The van der Waals surface area contributed by atoms with Gasteiger partial charge in [-0.15, -0.1) is 24.0 Å². The van der Waals surface area contributed by atoms with Crippen molar-refractivity contribution in [3.8, 4) is 11.5 Å². The molecule has 0 fully saturated rings. The number of aryl methyl sites for hydroxylation is 1. The Morgan fingerprint density at radius 2 is 1.86 bits per heavy atom. The number of nitrogens with one attached hydrogen (secondary N) is 2. The molecular formula is C22H25IN4O. The number of nitrogens with zero attached hydrogens (tertiary/aromatic N) is 2. The molecule has 0 saturated heterocycles. The average molecular weight is 488 g/mol. The van der Waals surface area contributed by atoms with E-state index in [1.54, 1.807) is 13.3 Å². The van der Waals surface area contributed by atoms with Crippen molar-refractivity contribution in [2.24, 2.45) is 4.99 Å². The maximum absolute atomic E-state index is 5.59. The van der Waals surface area contributed by atoms with Crippen LogP contribution in [0.25, 0.3) is 11.5 Å². The number of fused-ring (bicyclic) bond motifs is 1. The summed E-state index contributed by atoms with van der Waals surface area (Å²) in [7, 11) is 1.80. The Bertz CT molecular complexity index is 923. The van der Waals surface area contributed by atoms with E-state index in [1.165, 1.54) is 11.1 Å². The zero-order valence-electron chi connectivity index (χ0n) is 15.9. The smallest absolute Gasteiger partial charge is 0.226 e. The van der Waals surface area contributed by atoms with E-state index >= 15 is 0 Å². The summed E-state index contributed by atoms with van der Waals surface area (Å²) < 4.78 is 5.59. The van der Waals surface area contributed by atoms with Crippen LogP contribution in [0.15, 0.2) is 70.3 Å². The van der Waals surface area contributed by atoms with E-state index in [2.05, 4.69) is 44.9 Å². The van der Waals surface area contributed by atoms with Gasteiger partial charge in [-0.1, -0.05) is 42.5 Å². The summed E-state index contributed by atoms with van der Waals surface area (Å²) in [5.74, 6) is 1.43. The summed E-state index contributed by atoms with van der Waals surface area (Å²) in [5.41, 5.74) is 4.73. The van der Waals surface area contributed by atoms with Crippen LogP contribution in [0.2, 0.25) is 0 Å². The Labute approximate surface area is 182 Å². The van der Waals surface area contributed by atoms with Gasteiger partial charge in [-0.25, -0.2) is 4.98 Å². The van der Waals surface area contributed by atoms with Crippen LogP contribution in [0.5, 0.6) is 0 Å². The first-order valence-corrected chi connectivity index (χ1v) is 9.35. The average Bonchev–Trinajstić information content (AvgIpc) is 3.21. The van der Waals surface area contributed by atoms with E-state index in [1.807, 2.05) is 30.3 Å². The van der Waals surface area contributed by atoms with Crippen LogP contribution in [-0.2, 0) is 19.4 Å². The second kappa shape index (κ2) is 9.73. The molecule has 2 N–H and O–H groups in total. The van der Waals surface area contributed by atoms with Gasteiger partial charge in [0.2, 0.25) is 5.89 Å². The molecule has 6 heteroatoms. The largest absolute Gasteiger partial charge is 0.444 e. The first-order valence-electron chi connectivity index (χ1n) is 9.35. The van der Waals surface area contributed by atoms with Crippen LogP contribution in [0.3, 0.4) is 0 Å². The number of halogens is 1. The van der Waals surface area contributed by atoms with Gasteiger partial charge in [0.25, 0.3) is 0 Å². The van der Waals surface area contributed by atoms with E-state index in [0.29, 0.717) is 18.5 Å². The Kier molecular flexibility index (Phi) is 7.08. The fraction of sp³-hybridized carbons (Fsp3) is 0.273. The van der Waals surface area contributed by atoms with E-state index < -0.39 is 0 Å². The van der Waals surface area contributed by atoms with Gasteiger partial charge in [0, 0.05) is 18.7 Å². The lowest BCUT2D eigenvalue weighted by Gasteiger charge is -2.27. The highest BCUT2D eigenvalue weighted by atomic mass is 127. The van der Waals surface area contributed by atoms with Crippen LogP contribution >= 0.6 is 24.0 Å². The Balaban J connectivity index is 0.00000225. The number of hydrogen-bond acceptors (Lipinski definition) is 3. The number of guanidine groups is 1. The maximum atomic E-state index is 5.59. The van der Waals surface area contributed by atoms with Crippen molar-refractivity contribution in [3.05, 3.63) is 77.7 Å². The van der Waals surface area contributed by atoms with Crippen LogP contribution < -0.4 is 10.6 Å². The Morgan fingerprint density at radius 1 is 1.11 bits per heavy atom. The van der Waals surface area contributed by atoms with Crippen LogP contribution in [0.1, 0.15) is 23.2 Å². The van der Waals surface area contributed by atoms with Crippen molar-refractivity contribution in [3.63, 3.8) is 0 Å². The monoisotopic (exact) mass is 488 g/mol. The minimum absolute atomic E-state index is 0. The second-order valence-electron chi connectivity index (χ2n) is 6.79. The Hall–Kier alpha value is -2.35. The van der Waals surface area contributed by atoms with Crippen LogP contribution in [0.4, 0.5) is 0 Å². The minimum Gasteiger partial charge on any atom is -0.444 e. The SMILES string of the molecule is CN=C(NCc1coc(-c2ccccc2)n1)NC1CCc2ccccc2C1.I. The third-order valence-electron chi connectivity index (χ3n) is 4.92. The number of hydrogen-bond donors (Lipinski definition) is 2. The van der Waals surface area contributed by atoms with E-state index in [9.17, 15) is 0 Å². The first-order chi connectivity index (χ1) is 13.3. The lowest BCUT2D eigenvalue weighted by Crippen LogP contribution is -2.45. The molecule has 0 radical (unpaired) electrons. The van der Waals surface area contributed by atoms with Gasteiger partial charge in [-0.2, -0.15) is 0 Å². The van der Waals surface area contributed by atoms with Crippen LogP contribution in [0, 0.1) is 0 Å². The van der Waals surface area contributed by atoms with Crippen molar-refractivity contribution in [2.45, 2.75) is 31.8 Å². The molecular weight excluding hydrogens is 463 g/mol. The quantitative estimate of drug-likeness (QED) is 0.329. The molecule has 0 aliphatic heterocycles. The van der Waals surface area contributed by atoms with Gasteiger partial charge in [-0.3, -0.25) is 4.99 Å². The summed E-state index contributed by atoms with van der Waals surface area (Å²) in [6, 6.07) is 19.0. The van der Waals surface area contributed by atoms with Crippen molar-refractivity contribution >= 4 is 29.9 Å². The third-order valence-corrected chi connectivity index (χ3v) is 4.92. The van der Waals surface area contributed by atoms with Gasteiger partial charge in [0.15, 0.2) is 5.96 Å². The highest BCUT2D eigenvalue weighted by Gasteiger charge is 2.19. The topological polar surface area (TPSA) is 62.5 Å². The molecule has 0 saturated carbocycles. The van der Waals surface area contributed by atoms with Crippen molar-refractivity contribution in [1.82, 2.24) is 15.6 Å². The van der Waals surface area contributed by atoms with Gasteiger partial charge in [0.1, 0.15) is 6.26 Å². The molecule has 4 rings (SSSR count). The van der Waals surface area contributed by atoms with E-state index in [0.717, 1.165) is 36.5 Å². The second-order valence-corrected chi connectivity index (χ2v) is 6.79. The van der Waals surface area contributed by atoms with Crippen LogP contribution in [-0.4, -0.2) is 24.0 Å². The third kappa shape index (κ3) is 4.92. The number of aromatic nitrogens is 1. The van der Waals surface area contributed by atoms with Gasteiger partial charge < -0.3 is 15.1 Å². The zero-order valence-corrected chi connectivity index (χ0v) is 18.2. The summed E-state index contributed by atoms with van der Waals surface area (Å²) in [5, 5.41) is 6.87. The molecule has 1 unspecified atom stereocenters. The predicted octanol–water partition coefficient (Wildman–Crippen LogP) is 4.18. The molecule has 0 spiro atoms. The van der Waals surface area contributed by atoms with E-state index in [4.69, 9.17) is 4.42 Å². The molecule has 3 aromatic rings. The first kappa shape index (κ1) is 20.4. The molecule has 5 nitrogen and oxygen atoms in total. The molecule has 1 heterocycles. The van der Waals surface area contributed by atoms with Crippen molar-refractivity contribution in [1.29, 1.82) is 0 Å². The number of benzene rings is 2. The molecule has 1 aromatic heterocycles. The standard InChI is InChI=1S/C22H24N4O.HI/c1-23-22(26-19-12-11-16-7-5-6-10-18(16)13-19)24-14-20-15-27-21(25-20)17-8-3-2-4-9-17;/h2-10,15,19H,11-14H2,1H3,(H2,23,24,26);1H. The summed E-state index contributed by atoms with van der Waals surface area (Å²) >= 11 is 0. The molecule has 146 valence electrons. The molecule has 2 aromatic carbocycles. The molecule has 28 heavy (non-hydrogen) atoms.